The molecule has 2 fully saturated rings. The van der Waals surface area contributed by atoms with Crippen LogP contribution in [0.4, 0.5) is 9.93 Å². The van der Waals surface area contributed by atoms with Gasteiger partial charge >= 0.3 is 6.03 Å². The minimum absolute atomic E-state index is 0.0247. The molecule has 1 aliphatic carbocycles. The molecule has 1 aliphatic heterocycles. The minimum atomic E-state index is -0.176. The monoisotopic (exact) mass is 268 g/mol. The van der Waals surface area contributed by atoms with E-state index in [0.717, 1.165) is 17.8 Å². The number of nitrogens with zero attached hydrogens (tertiary/aromatic N) is 3. The molecule has 6 nitrogen and oxygen atoms in total. The fraction of sp³-hybridized carbons (Fsp3) is 0.727. The van der Waals surface area contributed by atoms with E-state index in [9.17, 15) is 9.90 Å². The first-order valence-electron chi connectivity index (χ1n) is 6.30. The van der Waals surface area contributed by atoms with E-state index in [4.69, 9.17) is 0 Å². The van der Waals surface area contributed by atoms with Gasteiger partial charge in [-0.25, -0.2) is 4.79 Å². The van der Waals surface area contributed by atoms with Crippen molar-refractivity contribution in [3.63, 3.8) is 0 Å². The van der Waals surface area contributed by atoms with E-state index in [1.807, 2.05) is 0 Å². The summed E-state index contributed by atoms with van der Waals surface area (Å²) >= 11 is 1.46. The van der Waals surface area contributed by atoms with Crippen molar-refractivity contribution < 1.29 is 9.90 Å². The zero-order valence-corrected chi connectivity index (χ0v) is 10.8. The lowest BCUT2D eigenvalue weighted by molar-refractivity contribution is 0.166. The number of hydrogen-bond donors (Lipinski definition) is 2. The van der Waals surface area contributed by atoms with Crippen LogP contribution in [0.5, 0.6) is 0 Å². The van der Waals surface area contributed by atoms with Gasteiger partial charge in [0.25, 0.3) is 0 Å². The largest absolute Gasteiger partial charge is 0.394 e. The average molecular weight is 268 g/mol. The summed E-state index contributed by atoms with van der Waals surface area (Å²) in [5.74, 6) is 0.560. The molecule has 18 heavy (non-hydrogen) atoms. The number of amides is 2. The zero-order valence-electron chi connectivity index (χ0n) is 10.0. The normalized spacial score (nSPS) is 23.4. The molecule has 3 rings (SSSR count). The van der Waals surface area contributed by atoms with Crippen LogP contribution in [0.1, 0.15) is 36.6 Å². The van der Waals surface area contributed by atoms with E-state index >= 15 is 0 Å². The second-order valence-corrected chi connectivity index (χ2v) is 5.83. The van der Waals surface area contributed by atoms with Crippen LogP contribution < -0.4 is 5.32 Å². The Morgan fingerprint density at radius 1 is 1.44 bits per heavy atom. The Hall–Kier alpha value is -1.21. The van der Waals surface area contributed by atoms with Crippen molar-refractivity contribution in [3.05, 3.63) is 5.01 Å². The number of aliphatic hydroxyl groups is 1. The first-order valence-corrected chi connectivity index (χ1v) is 7.11. The smallest absolute Gasteiger partial charge is 0.324 e. The summed E-state index contributed by atoms with van der Waals surface area (Å²) in [4.78, 5) is 13.7. The molecule has 2 aliphatic rings. The first-order chi connectivity index (χ1) is 8.78. The summed E-state index contributed by atoms with van der Waals surface area (Å²) in [6.07, 6.45) is 4.18. The Morgan fingerprint density at radius 3 is 3.00 bits per heavy atom. The van der Waals surface area contributed by atoms with Crippen molar-refractivity contribution in [2.75, 3.05) is 18.5 Å². The lowest BCUT2D eigenvalue weighted by Gasteiger charge is -2.22. The summed E-state index contributed by atoms with van der Waals surface area (Å²) in [6.45, 7) is 0.724. The van der Waals surface area contributed by atoms with Gasteiger partial charge in [-0.2, -0.15) is 0 Å². The SMILES string of the molecule is O=C(Nc1nnc(C2CC2)s1)N1CCCC1CO. The number of anilines is 1. The maximum Gasteiger partial charge on any atom is 0.324 e. The highest BCUT2D eigenvalue weighted by Gasteiger charge is 2.30. The van der Waals surface area contributed by atoms with E-state index in [-0.39, 0.29) is 18.7 Å². The van der Waals surface area contributed by atoms with E-state index in [1.54, 1.807) is 4.90 Å². The number of urea groups is 1. The van der Waals surface area contributed by atoms with Crippen LogP contribution in [0, 0.1) is 0 Å². The van der Waals surface area contributed by atoms with Crippen LogP contribution in [-0.2, 0) is 0 Å². The van der Waals surface area contributed by atoms with Crippen LogP contribution in [0.25, 0.3) is 0 Å². The van der Waals surface area contributed by atoms with Gasteiger partial charge in [0.15, 0.2) is 0 Å². The molecule has 98 valence electrons. The highest BCUT2D eigenvalue weighted by Crippen LogP contribution is 2.42. The number of likely N-dealkylation sites (tertiary alicyclic amines) is 1. The molecule has 7 heteroatoms. The van der Waals surface area contributed by atoms with Crippen LogP contribution in [0.15, 0.2) is 0 Å². The maximum atomic E-state index is 12.0. The lowest BCUT2D eigenvalue weighted by atomic mass is 10.2. The molecule has 1 atom stereocenters. The molecule has 1 saturated heterocycles. The molecule has 2 amide bonds. The Kier molecular flexibility index (Phi) is 3.17. The van der Waals surface area contributed by atoms with E-state index < -0.39 is 0 Å². The predicted octanol–water partition coefficient (Wildman–Crippen LogP) is 1.40. The minimum Gasteiger partial charge on any atom is -0.394 e. The van der Waals surface area contributed by atoms with Gasteiger partial charge in [0.1, 0.15) is 5.01 Å². The standard InChI is InChI=1S/C11H16N4O2S/c16-6-8-2-1-5-15(8)11(17)12-10-14-13-9(18-10)7-3-4-7/h7-8,16H,1-6H2,(H,12,14,17). The third-order valence-electron chi connectivity index (χ3n) is 3.43. The third-order valence-corrected chi connectivity index (χ3v) is 4.43. The van der Waals surface area contributed by atoms with Gasteiger partial charge in [-0.1, -0.05) is 11.3 Å². The first kappa shape index (κ1) is 11.9. The third kappa shape index (κ3) is 2.32. The molecular weight excluding hydrogens is 252 g/mol. The molecular formula is C11H16N4O2S. The molecule has 1 unspecified atom stereocenters. The fourth-order valence-corrected chi connectivity index (χ4v) is 3.14. The highest BCUT2D eigenvalue weighted by atomic mass is 32.1. The van der Waals surface area contributed by atoms with Crippen LogP contribution in [0.3, 0.4) is 0 Å². The van der Waals surface area contributed by atoms with Crippen LogP contribution in [0.2, 0.25) is 0 Å². The van der Waals surface area contributed by atoms with Crippen molar-refractivity contribution in [1.29, 1.82) is 0 Å². The zero-order chi connectivity index (χ0) is 12.5. The van der Waals surface area contributed by atoms with E-state index in [2.05, 4.69) is 15.5 Å². The van der Waals surface area contributed by atoms with E-state index in [1.165, 1.54) is 24.2 Å². The fourth-order valence-electron chi connectivity index (χ4n) is 2.24. The highest BCUT2D eigenvalue weighted by molar-refractivity contribution is 7.15. The number of carbonyl (C=O) groups excluding carboxylic acids is 1. The summed E-state index contributed by atoms with van der Waals surface area (Å²) in [5.41, 5.74) is 0. The molecule has 2 heterocycles. The van der Waals surface area contributed by atoms with Crippen molar-refractivity contribution in [1.82, 2.24) is 15.1 Å². The summed E-state index contributed by atoms with van der Waals surface area (Å²) in [7, 11) is 0. The molecule has 0 aromatic carbocycles. The van der Waals surface area contributed by atoms with Gasteiger partial charge in [-0.3, -0.25) is 5.32 Å². The van der Waals surface area contributed by atoms with Gasteiger partial charge in [-0.05, 0) is 25.7 Å². The Morgan fingerprint density at radius 2 is 2.28 bits per heavy atom. The molecule has 1 aromatic heterocycles. The quantitative estimate of drug-likeness (QED) is 0.868. The molecule has 0 bridgehead atoms. The summed E-state index contributed by atoms with van der Waals surface area (Å²) < 4.78 is 0. The lowest BCUT2D eigenvalue weighted by Crippen LogP contribution is -2.40. The van der Waals surface area contributed by atoms with Crippen molar-refractivity contribution in [2.24, 2.45) is 0 Å². The van der Waals surface area contributed by atoms with Crippen LogP contribution >= 0.6 is 11.3 Å². The number of aliphatic hydroxyl groups excluding tert-OH is 1. The Balaban J connectivity index is 1.62. The molecule has 0 radical (unpaired) electrons. The van der Waals surface area contributed by atoms with Gasteiger partial charge in [0, 0.05) is 12.5 Å². The topological polar surface area (TPSA) is 78.4 Å². The van der Waals surface area contributed by atoms with Gasteiger partial charge < -0.3 is 10.0 Å². The number of aromatic nitrogens is 2. The van der Waals surface area contributed by atoms with E-state index in [0.29, 0.717) is 17.6 Å². The Labute approximate surface area is 109 Å². The van der Waals surface area contributed by atoms with Gasteiger partial charge in [0.05, 0.1) is 12.6 Å². The van der Waals surface area contributed by atoms with Gasteiger partial charge in [0.2, 0.25) is 5.13 Å². The summed E-state index contributed by atoms with van der Waals surface area (Å²) in [6, 6.07) is -0.231. The second kappa shape index (κ2) is 4.81. The summed E-state index contributed by atoms with van der Waals surface area (Å²) in [5, 5.41) is 21.6. The maximum absolute atomic E-state index is 12.0. The van der Waals surface area contributed by atoms with Crippen molar-refractivity contribution in [2.45, 2.75) is 37.6 Å². The second-order valence-electron chi connectivity index (χ2n) is 4.82. The molecule has 1 aromatic rings. The number of nitrogens with one attached hydrogen (secondary N) is 1. The molecule has 1 saturated carbocycles. The van der Waals surface area contributed by atoms with Crippen molar-refractivity contribution >= 4 is 22.5 Å². The van der Waals surface area contributed by atoms with Gasteiger partial charge in [-0.15, -0.1) is 10.2 Å². The average Bonchev–Trinajstić information content (AvgIpc) is 2.93. The molecule has 0 spiro atoms. The predicted molar refractivity (Wildman–Crippen MR) is 67.7 cm³/mol. The Bertz CT molecular complexity index is 446. The van der Waals surface area contributed by atoms with Crippen LogP contribution in [-0.4, -0.2) is 45.4 Å². The van der Waals surface area contributed by atoms with Crippen molar-refractivity contribution in [3.8, 4) is 0 Å². The number of rotatable bonds is 3. The number of carbonyl (C=O) groups is 1. The number of hydrogen-bond acceptors (Lipinski definition) is 5. The molecule has 2 N–H and O–H groups in total.